The van der Waals surface area contributed by atoms with Gasteiger partial charge >= 0.3 is 41.5 Å². The van der Waals surface area contributed by atoms with Gasteiger partial charge in [-0.05, 0) is 114 Å². The molecule has 6 aromatic rings. The molecular formula is C55H71BrN11NaO7. The van der Waals surface area contributed by atoms with E-state index in [1.807, 2.05) is 170 Å². The largest absolute Gasteiger partial charge is 1.00 e. The number of ether oxygens (including phenoxy) is 2. The maximum atomic E-state index is 12.6. The van der Waals surface area contributed by atoms with Gasteiger partial charge in [0.2, 0.25) is 0 Å². The molecule has 20 heteroatoms. The van der Waals surface area contributed by atoms with Crippen LogP contribution in [0.2, 0.25) is 0 Å². The number of nitriles is 1. The molecule has 0 aliphatic carbocycles. The van der Waals surface area contributed by atoms with Crippen molar-refractivity contribution in [2.45, 2.75) is 98.9 Å². The van der Waals surface area contributed by atoms with Crippen LogP contribution in [0.5, 0.6) is 0 Å². The van der Waals surface area contributed by atoms with Gasteiger partial charge in [-0.15, -0.1) is 0 Å². The smallest absolute Gasteiger partial charge is 0.662 e. The van der Waals surface area contributed by atoms with Crippen molar-refractivity contribution in [2.24, 2.45) is 0 Å². The Labute approximate surface area is 473 Å². The van der Waals surface area contributed by atoms with Crippen molar-refractivity contribution < 1.29 is 63.6 Å². The molecule has 6 heterocycles. The molecule has 0 saturated carbocycles. The van der Waals surface area contributed by atoms with Crippen molar-refractivity contribution in [3.05, 3.63) is 181 Å². The zero-order valence-electron chi connectivity index (χ0n) is 44.6. The summed E-state index contributed by atoms with van der Waals surface area (Å²) in [6.45, 7) is 20.2. The van der Waals surface area contributed by atoms with Gasteiger partial charge in [0, 0.05) is 110 Å². The molecule has 0 aromatic carbocycles. The van der Waals surface area contributed by atoms with Crippen LogP contribution in [0.15, 0.2) is 146 Å². The molecule has 6 rings (SSSR count). The van der Waals surface area contributed by atoms with E-state index in [0.717, 1.165) is 73.4 Å². The summed E-state index contributed by atoms with van der Waals surface area (Å²) in [4.78, 5) is 67.7. The molecule has 0 fully saturated rings. The molecule has 0 spiro atoms. The van der Waals surface area contributed by atoms with Crippen LogP contribution in [0.1, 0.15) is 82.6 Å². The molecular weight excluding hydrogens is 1030 g/mol. The fourth-order valence-corrected chi connectivity index (χ4v) is 6.52. The number of hydrogen-bond donors (Lipinski definition) is 1. The molecule has 18 nitrogen and oxygen atoms in total. The molecule has 0 amide bonds. The number of rotatable bonds is 22. The second kappa shape index (κ2) is 40.4. The van der Waals surface area contributed by atoms with Gasteiger partial charge in [-0.2, -0.15) is 5.26 Å². The van der Waals surface area contributed by atoms with Gasteiger partial charge < -0.3 is 24.9 Å². The molecule has 0 unspecified atom stereocenters. The summed E-state index contributed by atoms with van der Waals surface area (Å²) in [6.07, 6.45) is 10.9. The molecule has 0 atom stereocenters. The maximum Gasteiger partial charge on any atom is 1.00 e. The Balaban J connectivity index is 0.000000587. The van der Waals surface area contributed by atoms with Crippen molar-refractivity contribution in [1.29, 1.82) is 5.26 Å². The third kappa shape index (κ3) is 35.8. The molecule has 396 valence electrons. The van der Waals surface area contributed by atoms with Gasteiger partial charge in [0.15, 0.2) is 0 Å². The van der Waals surface area contributed by atoms with Crippen LogP contribution in [0.25, 0.3) is 0 Å². The van der Waals surface area contributed by atoms with Crippen molar-refractivity contribution in [3.63, 3.8) is 0 Å². The number of alkyl halides is 1. The third-order valence-electron chi connectivity index (χ3n) is 9.27. The Morgan fingerprint density at radius 2 is 0.867 bits per heavy atom. The fraction of sp³-hybridized carbons (Fsp3) is 0.382. The van der Waals surface area contributed by atoms with Gasteiger partial charge in [-0.3, -0.25) is 59.0 Å². The van der Waals surface area contributed by atoms with Gasteiger partial charge in [0.1, 0.15) is 16.5 Å². The quantitative estimate of drug-likeness (QED) is 0.0192. The van der Waals surface area contributed by atoms with Crippen LogP contribution in [0, 0.1) is 11.3 Å². The van der Waals surface area contributed by atoms with Crippen LogP contribution in [-0.2, 0) is 68.0 Å². The predicted octanol–water partition coefficient (Wildman–Crippen LogP) is 4.07. The summed E-state index contributed by atoms with van der Waals surface area (Å²) in [6, 6.07) is 37.5. The van der Waals surface area contributed by atoms with Crippen LogP contribution in [-0.4, -0.2) is 112 Å². The standard InChI is InChI=1S/C26H33N5O2.C20H23N5.C6H11BrO2.C2H3N.CH2O3.Na/c1-26(2,3)33-25(32)21-31(20-24-12-6-9-15-29-24)17-16-30(18-22-10-4-7-13-27-22)19-23-11-5-8-14-28-23;1-4-10-22-18(7-1)15-21-13-14-25(16-19-8-2-5-11-23-19)17-20-9-3-6-12-24-20;1-6(2,3)9-5(8)4-7;1-2-3;2-1-4-3;/h4-15H,16-21H2,1-3H3;1-12,21H,13-17H2;4H2,1-3H3;1H3;1,3H;/q;;;;;+1/p-1. The van der Waals surface area contributed by atoms with Gasteiger partial charge in [0.05, 0.1) is 46.8 Å². The first kappa shape index (κ1) is 67.1. The SMILES string of the molecule is CC#N.CC(C)(C)OC(=O)CBr.CC(C)(C)OC(=O)CN(CCN(Cc1ccccn1)Cc1ccccn1)Cc1ccccn1.O=CO[O-].[Na+].c1ccc(CNCCN(Cc2ccccn2)Cc2ccccn2)nc1. The second-order valence-electron chi connectivity index (χ2n) is 18.0. The Bertz CT molecular complexity index is 2330. The number of aromatic nitrogens is 6. The number of pyridine rings is 6. The monoisotopic (exact) mass is 1100 g/mol. The summed E-state index contributed by atoms with van der Waals surface area (Å²) in [5.74, 6) is -0.457. The van der Waals surface area contributed by atoms with E-state index in [4.69, 9.17) is 24.8 Å². The van der Waals surface area contributed by atoms with E-state index in [0.29, 0.717) is 26.2 Å². The number of esters is 2. The Morgan fingerprint density at radius 1 is 0.573 bits per heavy atom. The van der Waals surface area contributed by atoms with Crippen LogP contribution in [0.4, 0.5) is 0 Å². The average molecular weight is 1100 g/mol. The summed E-state index contributed by atoms with van der Waals surface area (Å²) in [5, 5.41) is 19.5. The van der Waals surface area contributed by atoms with Crippen molar-refractivity contribution in [1.82, 2.24) is 49.9 Å². The fourth-order valence-electron chi connectivity index (χ4n) is 6.41. The Kier molecular flexibility index (Phi) is 36.1. The van der Waals surface area contributed by atoms with Crippen LogP contribution >= 0.6 is 15.9 Å². The first-order valence-corrected chi connectivity index (χ1v) is 25.0. The molecule has 75 heavy (non-hydrogen) atoms. The first-order chi connectivity index (χ1) is 35.6. The van der Waals surface area contributed by atoms with E-state index >= 15 is 0 Å². The number of hydrogen-bond acceptors (Lipinski definition) is 18. The summed E-state index contributed by atoms with van der Waals surface area (Å²) in [7, 11) is 0. The van der Waals surface area contributed by atoms with E-state index in [1.165, 1.54) is 6.92 Å². The molecule has 0 radical (unpaired) electrons. The predicted molar refractivity (Wildman–Crippen MR) is 285 cm³/mol. The minimum atomic E-state index is -0.516. The van der Waals surface area contributed by atoms with E-state index in [-0.39, 0.29) is 65.4 Å². The normalized spacial score (nSPS) is 10.5. The van der Waals surface area contributed by atoms with E-state index in [1.54, 1.807) is 12.3 Å². The van der Waals surface area contributed by atoms with Crippen molar-refractivity contribution in [3.8, 4) is 6.07 Å². The Hall–Kier alpha value is -5.92. The van der Waals surface area contributed by atoms with Crippen molar-refractivity contribution >= 4 is 34.3 Å². The molecule has 1 N–H and O–H groups in total. The number of nitrogens with one attached hydrogen (secondary N) is 1. The minimum Gasteiger partial charge on any atom is -0.662 e. The van der Waals surface area contributed by atoms with Crippen LogP contribution < -0.4 is 40.1 Å². The Morgan fingerprint density at radius 3 is 1.15 bits per heavy atom. The van der Waals surface area contributed by atoms with Gasteiger partial charge in [-0.1, -0.05) is 52.3 Å². The molecule has 0 bridgehead atoms. The average Bonchev–Trinajstić information content (AvgIpc) is 3.38. The molecule has 6 aromatic heterocycles. The van der Waals surface area contributed by atoms with E-state index in [9.17, 15) is 9.59 Å². The third-order valence-corrected chi connectivity index (χ3v) is 9.73. The molecule has 0 aliphatic rings. The van der Waals surface area contributed by atoms with Crippen molar-refractivity contribution in [2.75, 3.05) is 38.1 Å². The zero-order valence-corrected chi connectivity index (χ0v) is 48.2. The molecule has 0 saturated heterocycles. The van der Waals surface area contributed by atoms with Gasteiger partial charge in [0.25, 0.3) is 6.47 Å². The second-order valence-corrected chi connectivity index (χ2v) is 18.5. The summed E-state index contributed by atoms with van der Waals surface area (Å²) in [5.41, 5.74) is 5.24. The van der Waals surface area contributed by atoms with Gasteiger partial charge in [-0.25, -0.2) is 0 Å². The number of carbonyl (C=O) groups excluding carboxylic acids is 3. The number of carbonyl (C=O) groups is 3. The maximum absolute atomic E-state index is 12.6. The number of nitrogens with zero attached hydrogens (tertiary/aromatic N) is 10. The van der Waals surface area contributed by atoms with E-state index in [2.05, 4.69) is 82.9 Å². The first-order valence-electron chi connectivity index (χ1n) is 23.9. The topological polar surface area (TPSA) is 225 Å². The van der Waals surface area contributed by atoms with Crippen LogP contribution in [0.3, 0.4) is 0 Å². The molecule has 0 aliphatic heterocycles. The number of halogens is 1. The summed E-state index contributed by atoms with van der Waals surface area (Å²) < 4.78 is 10.5. The minimum absolute atomic E-state index is 0. The van der Waals surface area contributed by atoms with E-state index < -0.39 is 5.60 Å². The summed E-state index contributed by atoms with van der Waals surface area (Å²) >= 11 is 2.99. The zero-order chi connectivity index (χ0) is 54.3.